The third-order valence-electron chi connectivity index (χ3n) is 5.15. The quantitative estimate of drug-likeness (QED) is 0.535. The molecule has 0 bridgehead atoms. The molecule has 30 heavy (non-hydrogen) atoms. The van der Waals surface area contributed by atoms with Crippen molar-refractivity contribution in [2.24, 2.45) is 0 Å². The van der Waals surface area contributed by atoms with E-state index in [0.29, 0.717) is 18.1 Å². The minimum Gasteiger partial charge on any atom is -0.433 e. The molecule has 9 heteroatoms. The first-order chi connectivity index (χ1) is 14.5. The Balaban J connectivity index is 1.26. The number of nitrogens with zero attached hydrogens (tertiary/aromatic N) is 3. The number of aromatic nitrogens is 1. The van der Waals surface area contributed by atoms with Gasteiger partial charge in [0, 0.05) is 26.2 Å². The highest BCUT2D eigenvalue weighted by atomic mass is 32.2. The van der Waals surface area contributed by atoms with Gasteiger partial charge in [-0.25, -0.2) is 9.29 Å². The van der Waals surface area contributed by atoms with Gasteiger partial charge in [-0.1, -0.05) is 30.3 Å². The molecule has 1 unspecified atom stereocenters. The standard InChI is InChI=1S/C21H21F2N3O3S/c22-21(23)29-17-6-7-19(24-8-17)30-26-11-16(12-26)15-9-25(10-15)20(28)18(13-27)14-4-2-1-3-5-14/h1-8,18,21,27H,9-13H2. The first-order valence-corrected chi connectivity index (χ1v) is 10.3. The fourth-order valence-corrected chi connectivity index (χ4v) is 4.35. The zero-order chi connectivity index (χ0) is 21.1. The Kier molecular flexibility index (Phi) is 6.31. The van der Waals surface area contributed by atoms with Crippen molar-refractivity contribution >= 4 is 17.9 Å². The lowest BCUT2D eigenvalue weighted by atomic mass is 9.92. The number of pyridine rings is 1. The van der Waals surface area contributed by atoms with Crippen LogP contribution in [0.5, 0.6) is 5.75 Å². The number of halogens is 2. The molecule has 2 fully saturated rings. The number of benzene rings is 1. The van der Waals surface area contributed by atoms with Gasteiger partial charge in [0.15, 0.2) is 0 Å². The first kappa shape index (κ1) is 20.8. The molecule has 0 aliphatic carbocycles. The zero-order valence-corrected chi connectivity index (χ0v) is 16.9. The van der Waals surface area contributed by atoms with Crippen molar-refractivity contribution in [3.8, 4) is 5.75 Å². The summed E-state index contributed by atoms with van der Waals surface area (Å²) in [5.74, 6) is -0.528. The molecule has 3 heterocycles. The molecule has 0 spiro atoms. The van der Waals surface area contributed by atoms with Crippen LogP contribution in [0, 0.1) is 0 Å². The number of hydrogen-bond donors (Lipinski definition) is 1. The molecule has 2 aliphatic heterocycles. The largest absolute Gasteiger partial charge is 0.433 e. The maximum atomic E-state index is 12.7. The normalized spacial score (nSPS) is 17.5. The number of alkyl halides is 2. The molecule has 4 rings (SSSR count). The van der Waals surface area contributed by atoms with Crippen molar-refractivity contribution in [1.82, 2.24) is 14.2 Å². The molecule has 1 N–H and O–H groups in total. The molecule has 0 radical (unpaired) electrons. The average Bonchev–Trinajstić information content (AvgIpc) is 2.67. The van der Waals surface area contributed by atoms with Crippen molar-refractivity contribution < 1.29 is 23.4 Å². The van der Waals surface area contributed by atoms with Crippen LogP contribution in [0.1, 0.15) is 11.5 Å². The van der Waals surface area contributed by atoms with Crippen molar-refractivity contribution in [3.05, 3.63) is 65.4 Å². The van der Waals surface area contributed by atoms with Gasteiger partial charge < -0.3 is 14.7 Å². The van der Waals surface area contributed by atoms with Crippen LogP contribution in [0.15, 0.2) is 64.8 Å². The number of likely N-dealkylation sites (tertiary alicyclic amines) is 1. The van der Waals surface area contributed by atoms with Gasteiger partial charge in [-0.05, 0) is 40.8 Å². The topological polar surface area (TPSA) is 65.9 Å². The zero-order valence-electron chi connectivity index (χ0n) is 16.1. The van der Waals surface area contributed by atoms with Crippen LogP contribution in [0.3, 0.4) is 0 Å². The highest BCUT2D eigenvalue weighted by Crippen LogP contribution is 2.34. The molecular weight excluding hydrogens is 412 g/mol. The van der Waals surface area contributed by atoms with Gasteiger partial charge in [0.2, 0.25) is 5.91 Å². The Labute approximate surface area is 177 Å². The van der Waals surface area contributed by atoms with E-state index in [-0.39, 0.29) is 18.3 Å². The number of aliphatic hydroxyl groups is 1. The summed E-state index contributed by atoms with van der Waals surface area (Å²) in [5, 5.41) is 10.4. The molecule has 1 atom stereocenters. The monoisotopic (exact) mass is 433 g/mol. The second kappa shape index (κ2) is 9.11. The summed E-state index contributed by atoms with van der Waals surface area (Å²) < 4.78 is 30.8. The smallest absolute Gasteiger partial charge is 0.387 e. The summed E-state index contributed by atoms with van der Waals surface area (Å²) >= 11 is 1.46. The lowest BCUT2D eigenvalue weighted by Crippen LogP contribution is -2.50. The van der Waals surface area contributed by atoms with Gasteiger partial charge in [-0.3, -0.25) is 4.79 Å². The Hall–Kier alpha value is -2.49. The molecule has 2 aliphatic rings. The van der Waals surface area contributed by atoms with Crippen LogP contribution in [-0.2, 0) is 4.79 Å². The van der Waals surface area contributed by atoms with Crippen LogP contribution >= 0.6 is 11.9 Å². The summed E-state index contributed by atoms with van der Waals surface area (Å²) in [4.78, 5) is 18.6. The van der Waals surface area contributed by atoms with Gasteiger partial charge in [-0.2, -0.15) is 8.78 Å². The van der Waals surface area contributed by atoms with Crippen molar-refractivity contribution in [2.45, 2.75) is 17.6 Å². The van der Waals surface area contributed by atoms with Gasteiger partial charge in [-0.15, -0.1) is 0 Å². The first-order valence-electron chi connectivity index (χ1n) is 9.51. The van der Waals surface area contributed by atoms with Gasteiger partial charge in [0.25, 0.3) is 0 Å². The molecule has 0 saturated carbocycles. The minimum absolute atomic E-state index is 0.0386. The van der Waals surface area contributed by atoms with E-state index in [2.05, 4.69) is 14.0 Å². The van der Waals surface area contributed by atoms with E-state index >= 15 is 0 Å². The molecule has 1 aromatic heterocycles. The summed E-state index contributed by atoms with van der Waals surface area (Å²) in [6.07, 6.45) is 1.29. The number of amides is 1. The number of ether oxygens (including phenoxy) is 1. The molecule has 1 aromatic carbocycles. The third-order valence-corrected chi connectivity index (χ3v) is 6.09. The fourth-order valence-electron chi connectivity index (χ4n) is 3.42. The Morgan fingerprint density at radius 1 is 1.10 bits per heavy atom. The van der Waals surface area contributed by atoms with E-state index in [1.165, 1.54) is 35.4 Å². The van der Waals surface area contributed by atoms with E-state index in [1.807, 2.05) is 30.3 Å². The molecular formula is C21H21F2N3O3S. The van der Waals surface area contributed by atoms with Gasteiger partial charge >= 0.3 is 6.61 Å². The molecule has 158 valence electrons. The average molecular weight is 433 g/mol. The number of rotatable bonds is 7. The van der Waals surface area contributed by atoms with Crippen LogP contribution in [0.2, 0.25) is 0 Å². The van der Waals surface area contributed by atoms with Crippen molar-refractivity contribution in [3.63, 3.8) is 0 Å². The van der Waals surface area contributed by atoms with Crippen LogP contribution in [0.25, 0.3) is 0 Å². The Morgan fingerprint density at radius 2 is 1.80 bits per heavy atom. The molecule has 2 aromatic rings. The maximum Gasteiger partial charge on any atom is 0.387 e. The summed E-state index contributed by atoms with van der Waals surface area (Å²) in [5.41, 5.74) is 3.40. The van der Waals surface area contributed by atoms with Crippen LogP contribution in [-0.4, -0.2) is 64.6 Å². The molecule has 1 amide bonds. The van der Waals surface area contributed by atoms with Crippen LogP contribution < -0.4 is 4.74 Å². The van der Waals surface area contributed by atoms with E-state index < -0.39 is 12.5 Å². The highest BCUT2D eigenvalue weighted by Gasteiger charge is 2.35. The number of aliphatic hydroxyl groups excluding tert-OH is 1. The van der Waals surface area contributed by atoms with E-state index in [4.69, 9.17) is 0 Å². The number of hydrogen-bond acceptors (Lipinski definition) is 6. The third kappa shape index (κ3) is 4.63. The summed E-state index contributed by atoms with van der Waals surface area (Å²) in [6, 6.07) is 12.5. The Bertz CT molecular complexity index is 909. The fraction of sp³-hybridized carbons (Fsp3) is 0.333. The molecule has 2 saturated heterocycles. The number of carbonyl (C=O) groups is 1. The maximum absolute atomic E-state index is 12.7. The van der Waals surface area contributed by atoms with E-state index in [1.54, 1.807) is 11.0 Å². The predicted molar refractivity (Wildman–Crippen MR) is 108 cm³/mol. The van der Waals surface area contributed by atoms with Gasteiger partial charge in [0.1, 0.15) is 10.8 Å². The lowest BCUT2D eigenvalue weighted by Gasteiger charge is -2.42. The van der Waals surface area contributed by atoms with E-state index in [9.17, 15) is 18.7 Å². The number of carbonyl (C=O) groups excluding carboxylic acids is 1. The summed E-state index contributed by atoms with van der Waals surface area (Å²) in [7, 11) is 0. The highest BCUT2D eigenvalue weighted by molar-refractivity contribution is 7.97. The van der Waals surface area contributed by atoms with Gasteiger partial charge in [0.05, 0.1) is 18.7 Å². The van der Waals surface area contributed by atoms with Crippen molar-refractivity contribution in [1.29, 1.82) is 0 Å². The second-order valence-electron chi connectivity index (χ2n) is 7.15. The van der Waals surface area contributed by atoms with E-state index in [0.717, 1.165) is 18.7 Å². The second-order valence-corrected chi connectivity index (χ2v) is 8.26. The lowest BCUT2D eigenvalue weighted by molar-refractivity contribution is -0.135. The Morgan fingerprint density at radius 3 is 2.40 bits per heavy atom. The summed E-state index contributed by atoms with van der Waals surface area (Å²) in [6.45, 7) is -0.294. The predicted octanol–water partition coefficient (Wildman–Crippen LogP) is 2.92. The SMILES string of the molecule is O=C(C(CO)c1ccccc1)N1CC(=C2CN(Sc3ccc(OC(F)F)cn3)C2)C1. The molecule has 6 nitrogen and oxygen atoms in total. The van der Waals surface area contributed by atoms with Crippen LogP contribution in [0.4, 0.5) is 8.78 Å². The van der Waals surface area contributed by atoms with Crippen molar-refractivity contribution in [2.75, 3.05) is 32.8 Å². The minimum atomic E-state index is -2.86.